The quantitative estimate of drug-likeness (QED) is 0.838. The molecule has 0 aliphatic rings. The lowest BCUT2D eigenvalue weighted by molar-refractivity contribution is -0.141. The summed E-state index contributed by atoms with van der Waals surface area (Å²) in [5.74, 6) is -1.31. The molecule has 5 heteroatoms. The minimum Gasteiger partial charge on any atom is -0.480 e. The zero-order valence-corrected chi connectivity index (χ0v) is 10.5. The molecule has 1 aromatic carbocycles. The second-order valence-corrected chi connectivity index (χ2v) is 4.54. The second-order valence-electron chi connectivity index (χ2n) is 3.59. The fraction of sp³-hybridized carbons (Fsp3) is 0.333. The summed E-state index contributed by atoms with van der Waals surface area (Å²) in [4.78, 5) is 22.6. The van der Waals surface area contributed by atoms with Gasteiger partial charge in [0.2, 0.25) is 5.91 Å². The maximum Gasteiger partial charge on any atom is 0.325 e. The lowest BCUT2D eigenvalue weighted by Crippen LogP contribution is -2.40. The normalized spacial score (nSPS) is 13.8. The van der Waals surface area contributed by atoms with Crippen molar-refractivity contribution < 1.29 is 14.7 Å². The number of carbonyl (C=O) groups excluding carboxylic acids is 1. The van der Waals surface area contributed by atoms with Gasteiger partial charge >= 0.3 is 5.97 Å². The third-order valence-corrected chi connectivity index (χ3v) is 3.26. The van der Waals surface area contributed by atoms with Crippen LogP contribution in [-0.4, -0.2) is 29.3 Å². The van der Waals surface area contributed by atoms with Crippen molar-refractivity contribution in [2.24, 2.45) is 0 Å². The van der Waals surface area contributed by atoms with E-state index < -0.39 is 12.0 Å². The van der Waals surface area contributed by atoms with Crippen LogP contribution in [-0.2, 0) is 9.59 Å². The Kier molecular flexibility index (Phi) is 5.03. The molecule has 1 amide bonds. The molecule has 4 nitrogen and oxygen atoms in total. The molecular weight excluding hydrogens is 238 g/mol. The standard InChI is InChI=1S/C12H15NO3S/c1-8(12(15)16)13-11(14)10(17-2)9-6-4-3-5-7-9/h3-8,10H,1-2H3,(H,13,14)(H,15,16). The van der Waals surface area contributed by atoms with Gasteiger partial charge in [-0.2, -0.15) is 0 Å². The highest BCUT2D eigenvalue weighted by atomic mass is 32.2. The number of carbonyl (C=O) groups is 2. The summed E-state index contributed by atoms with van der Waals surface area (Å²) in [6.45, 7) is 1.45. The molecule has 2 atom stereocenters. The molecule has 0 heterocycles. The Hall–Kier alpha value is -1.49. The summed E-state index contributed by atoms with van der Waals surface area (Å²) in [5.41, 5.74) is 0.870. The first-order valence-electron chi connectivity index (χ1n) is 5.17. The van der Waals surface area contributed by atoms with Gasteiger partial charge in [0.05, 0.1) is 0 Å². The molecule has 2 N–H and O–H groups in total. The Balaban J connectivity index is 2.75. The average Bonchev–Trinajstić information content (AvgIpc) is 2.31. The molecule has 0 aliphatic carbocycles. The van der Waals surface area contributed by atoms with Crippen LogP contribution in [0.5, 0.6) is 0 Å². The van der Waals surface area contributed by atoms with Crippen LogP contribution in [0.2, 0.25) is 0 Å². The zero-order valence-electron chi connectivity index (χ0n) is 9.71. The smallest absolute Gasteiger partial charge is 0.325 e. The van der Waals surface area contributed by atoms with Crippen LogP contribution in [0.25, 0.3) is 0 Å². The third-order valence-electron chi connectivity index (χ3n) is 2.31. The Morgan fingerprint density at radius 2 is 1.88 bits per heavy atom. The van der Waals surface area contributed by atoms with Crippen LogP contribution >= 0.6 is 11.8 Å². The first kappa shape index (κ1) is 13.6. The molecule has 1 aromatic rings. The molecule has 0 saturated carbocycles. The van der Waals surface area contributed by atoms with Gasteiger partial charge in [0.15, 0.2) is 0 Å². The van der Waals surface area contributed by atoms with Crippen molar-refractivity contribution in [2.75, 3.05) is 6.26 Å². The topological polar surface area (TPSA) is 66.4 Å². The van der Waals surface area contributed by atoms with Crippen LogP contribution < -0.4 is 5.32 Å². The van der Waals surface area contributed by atoms with E-state index >= 15 is 0 Å². The number of thioether (sulfide) groups is 1. The van der Waals surface area contributed by atoms with Crippen molar-refractivity contribution >= 4 is 23.6 Å². The van der Waals surface area contributed by atoms with Crippen molar-refractivity contribution in [3.63, 3.8) is 0 Å². The number of carboxylic acid groups (broad SMARTS) is 1. The fourth-order valence-electron chi connectivity index (χ4n) is 1.37. The first-order valence-corrected chi connectivity index (χ1v) is 6.46. The second kappa shape index (κ2) is 6.30. The predicted molar refractivity (Wildman–Crippen MR) is 67.9 cm³/mol. The summed E-state index contributed by atoms with van der Waals surface area (Å²) in [7, 11) is 0. The molecule has 0 aliphatic heterocycles. The molecule has 0 radical (unpaired) electrons. The van der Waals surface area contributed by atoms with Crippen LogP contribution in [0.4, 0.5) is 0 Å². The fourth-order valence-corrected chi connectivity index (χ4v) is 2.08. The van der Waals surface area contributed by atoms with Gasteiger partial charge in [-0.25, -0.2) is 0 Å². The van der Waals surface area contributed by atoms with E-state index in [0.717, 1.165) is 5.56 Å². The lowest BCUT2D eigenvalue weighted by atomic mass is 10.1. The van der Waals surface area contributed by atoms with Crippen molar-refractivity contribution in [2.45, 2.75) is 18.2 Å². The summed E-state index contributed by atoms with van der Waals surface area (Å²) >= 11 is 1.38. The number of nitrogens with one attached hydrogen (secondary N) is 1. The molecular formula is C12H15NO3S. The first-order chi connectivity index (χ1) is 8.06. The molecule has 2 unspecified atom stereocenters. The van der Waals surface area contributed by atoms with Crippen LogP contribution in [0.1, 0.15) is 17.7 Å². The van der Waals surface area contributed by atoms with Crippen LogP contribution in [0.15, 0.2) is 30.3 Å². The van der Waals surface area contributed by atoms with Gasteiger partial charge in [-0.15, -0.1) is 11.8 Å². The van der Waals surface area contributed by atoms with E-state index in [9.17, 15) is 9.59 Å². The Labute approximate surface area is 104 Å². The van der Waals surface area contributed by atoms with E-state index in [2.05, 4.69) is 5.32 Å². The maximum absolute atomic E-state index is 11.9. The average molecular weight is 253 g/mol. The van der Waals surface area contributed by atoms with Gasteiger partial charge in [-0.05, 0) is 18.7 Å². The van der Waals surface area contributed by atoms with Gasteiger partial charge in [-0.1, -0.05) is 30.3 Å². The largest absolute Gasteiger partial charge is 0.480 e. The number of aliphatic carboxylic acids is 1. The number of rotatable bonds is 5. The van der Waals surface area contributed by atoms with Crippen molar-refractivity contribution in [1.82, 2.24) is 5.32 Å². The van der Waals surface area contributed by atoms with E-state index in [1.54, 1.807) is 0 Å². The molecule has 0 bridgehead atoms. The Morgan fingerprint density at radius 3 is 2.35 bits per heavy atom. The van der Waals surface area contributed by atoms with E-state index in [1.807, 2.05) is 36.6 Å². The minimum absolute atomic E-state index is 0.279. The van der Waals surface area contributed by atoms with Gasteiger partial charge in [0, 0.05) is 0 Å². The molecule has 92 valence electrons. The zero-order chi connectivity index (χ0) is 12.8. The summed E-state index contributed by atoms with van der Waals surface area (Å²) in [6.07, 6.45) is 1.82. The van der Waals surface area contributed by atoms with Gasteiger partial charge in [0.25, 0.3) is 0 Å². The van der Waals surface area contributed by atoms with Crippen molar-refractivity contribution in [3.8, 4) is 0 Å². The highest BCUT2D eigenvalue weighted by Gasteiger charge is 2.22. The lowest BCUT2D eigenvalue weighted by Gasteiger charge is -2.16. The predicted octanol–water partition coefficient (Wildman–Crippen LogP) is 1.68. The van der Waals surface area contributed by atoms with E-state index in [4.69, 9.17) is 5.11 Å². The van der Waals surface area contributed by atoms with E-state index in [1.165, 1.54) is 18.7 Å². The number of benzene rings is 1. The van der Waals surface area contributed by atoms with Gasteiger partial charge < -0.3 is 10.4 Å². The van der Waals surface area contributed by atoms with Gasteiger partial charge in [0.1, 0.15) is 11.3 Å². The number of amides is 1. The van der Waals surface area contributed by atoms with E-state index in [0.29, 0.717) is 0 Å². The minimum atomic E-state index is -1.04. The molecule has 1 rings (SSSR count). The Morgan fingerprint density at radius 1 is 1.29 bits per heavy atom. The molecule has 0 aromatic heterocycles. The van der Waals surface area contributed by atoms with Gasteiger partial charge in [-0.3, -0.25) is 9.59 Å². The number of hydrogen-bond donors (Lipinski definition) is 2. The third kappa shape index (κ3) is 3.78. The summed E-state index contributed by atoms with van der Waals surface area (Å²) in [6, 6.07) is 8.41. The molecule has 0 fully saturated rings. The van der Waals surface area contributed by atoms with E-state index in [-0.39, 0.29) is 11.2 Å². The SMILES string of the molecule is CSC(C(=O)NC(C)C(=O)O)c1ccccc1. The Bertz CT molecular complexity index is 394. The molecule has 17 heavy (non-hydrogen) atoms. The van der Waals surface area contributed by atoms with Crippen molar-refractivity contribution in [1.29, 1.82) is 0 Å². The van der Waals surface area contributed by atoms with Crippen LogP contribution in [0, 0.1) is 0 Å². The highest BCUT2D eigenvalue weighted by molar-refractivity contribution is 7.99. The van der Waals surface area contributed by atoms with Crippen molar-refractivity contribution in [3.05, 3.63) is 35.9 Å². The monoisotopic (exact) mass is 253 g/mol. The summed E-state index contributed by atoms with van der Waals surface area (Å²) < 4.78 is 0. The van der Waals surface area contributed by atoms with Crippen LogP contribution in [0.3, 0.4) is 0 Å². The molecule has 0 saturated heterocycles. The summed E-state index contributed by atoms with van der Waals surface area (Å²) in [5, 5.41) is 10.8. The molecule has 0 spiro atoms. The number of hydrogen-bond acceptors (Lipinski definition) is 3. The number of carboxylic acids is 1. The highest BCUT2D eigenvalue weighted by Crippen LogP contribution is 2.26. The maximum atomic E-state index is 11.9.